The molecule has 0 N–H and O–H groups in total. The van der Waals surface area contributed by atoms with Crippen LogP contribution in [0.4, 0.5) is 0 Å². The molecule has 0 aliphatic carbocycles. The molecule has 3 aromatic heterocycles. The van der Waals surface area contributed by atoms with Crippen molar-refractivity contribution >= 4 is 73.8 Å². The maximum absolute atomic E-state index is 5.33. The standard InChI is InChI=1S/C50H30N2S2/c1-2-11-32(12-3-1)44-30-45(36-19-18-31-10-4-5-13-33(31)24-36)52-50(51-44)39-26-37(34-20-22-48-42(28-34)40-14-6-8-16-46(40)53-48)25-38(27-39)35-21-23-49-43(29-35)41-15-7-9-17-47(41)54-49/h1-30H. The van der Waals surface area contributed by atoms with Crippen LogP contribution in [0.3, 0.4) is 0 Å². The van der Waals surface area contributed by atoms with Gasteiger partial charge in [0.2, 0.25) is 0 Å². The van der Waals surface area contributed by atoms with Crippen molar-refractivity contribution in [2.75, 3.05) is 0 Å². The van der Waals surface area contributed by atoms with E-state index >= 15 is 0 Å². The van der Waals surface area contributed by atoms with Gasteiger partial charge in [-0.15, -0.1) is 22.7 Å². The molecule has 3 heterocycles. The molecule has 2 nitrogen and oxygen atoms in total. The molecule has 0 bridgehead atoms. The highest BCUT2D eigenvalue weighted by Gasteiger charge is 2.16. The normalized spacial score (nSPS) is 11.7. The van der Waals surface area contributed by atoms with E-state index in [1.807, 2.05) is 28.7 Å². The molecule has 0 unspecified atom stereocenters. The number of hydrogen-bond acceptors (Lipinski definition) is 4. The Morgan fingerprint density at radius 2 is 0.778 bits per heavy atom. The van der Waals surface area contributed by atoms with Crippen molar-refractivity contribution in [3.63, 3.8) is 0 Å². The van der Waals surface area contributed by atoms with E-state index in [-0.39, 0.29) is 0 Å². The Balaban J connectivity index is 1.15. The van der Waals surface area contributed by atoms with E-state index < -0.39 is 0 Å². The smallest absolute Gasteiger partial charge is 0.160 e. The first-order chi connectivity index (χ1) is 26.7. The van der Waals surface area contributed by atoms with Crippen LogP contribution in [-0.4, -0.2) is 9.97 Å². The Kier molecular flexibility index (Phi) is 7.25. The summed E-state index contributed by atoms with van der Waals surface area (Å²) in [6.45, 7) is 0. The molecule has 0 radical (unpaired) electrons. The number of benzene rings is 8. The molecule has 0 aliphatic heterocycles. The molecule has 0 spiro atoms. The summed E-state index contributed by atoms with van der Waals surface area (Å²) in [4.78, 5) is 10.6. The van der Waals surface area contributed by atoms with Crippen molar-refractivity contribution in [1.82, 2.24) is 9.97 Å². The van der Waals surface area contributed by atoms with Crippen LogP contribution in [0.25, 0.3) is 107 Å². The van der Waals surface area contributed by atoms with Gasteiger partial charge in [0.15, 0.2) is 5.82 Å². The van der Waals surface area contributed by atoms with E-state index in [2.05, 4.69) is 176 Å². The minimum atomic E-state index is 0.701. The van der Waals surface area contributed by atoms with Gasteiger partial charge in [0.25, 0.3) is 0 Å². The highest BCUT2D eigenvalue weighted by Crippen LogP contribution is 2.41. The average molecular weight is 723 g/mol. The van der Waals surface area contributed by atoms with Crippen LogP contribution in [0.2, 0.25) is 0 Å². The number of hydrogen-bond donors (Lipinski definition) is 0. The molecule has 54 heavy (non-hydrogen) atoms. The van der Waals surface area contributed by atoms with Crippen molar-refractivity contribution in [3.8, 4) is 56.2 Å². The summed E-state index contributed by atoms with van der Waals surface area (Å²) in [7, 11) is 0. The number of aromatic nitrogens is 2. The lowest BCUT2D eigenvalue weighted by atomic mass is 9.94. The zero-order valence-corrected chi connectivity index (χ0v) is 30.7. The Labute approximate surface area is 320 Å². The lowest BCUT2D eigenvalue weighted by Crippen LogP contribution is -1.97. The van der Waals surface area contributed by atoms with Crippen molar-refractivity contribution in [2.45, 2.75) is 0 Å². The summed E-state index contributed by atoms with van der Waals surface area (Å²) >= 11 is 3.70. The van der Waals surface area contributed by atoms with E-state index in [0.717, 1.165) is 39.2 Å². The largest absolute Gasteiger partial charge is 0.228 e. The van der Waals surface area contributed by atoms with Gasteiger partial charge in [-0.2, -0.15) is 0 Å². The van der Waals surface area contributed by atoms with Gasteiger partial charge in [-0.25, -0.2) is 9.97 Å². The molecule has 0 fully saturated rings. The fourth-order valence-corrected chi connectivity index (χ4v) is 9.90. The third-order valence-corrected chi connectivity index (χ3v) is 12.8. The van der Waals surface area contributed by atoms with Crippen LogP contribution >= 0.6 is 22.7 Å². The van der Waals surface area contributed by atoms with Gasteiger partial charge in [-0.3, -0.25) is 0 Å². The lowest BCUT2D eigenvalue weighted by Gasteiger charge is -2.13. The van der Waals surface area contributed by atoms with Gasteiger partial charge in [0.1, 0.15) is 0 Å². The highest BCUT2D eigenvalue weighted by atomic mass is 32.1. The van der Waals surface area contributed by atoms with Gasteiger partial charge in [0.05, 0.1) is 11.4 Å². The Hall–Kier alpha value is -6.46. The number of rotatable bonds is 5. The Morgan fingerprint density at radius 1 is 0.278 bits per heavy atom. The molecule has 8 aromatic carbocycles. The van der Waals surface area contributed by atoms with Crippen LogP contribution in [-0.2, 0) is 0 Å². The Bertz CT molecular complexity index is 3100. The molecule has 0 saturated heterocycles. The van der Waals surface area contributed by atoms with Gasteiger partial charge in [-0.05, 0) is 99.8 Å². The first kappa shape index (κ1) is 31.1. The summed E-state index contributed by atoms with van der Waals surface area (Å²) < 4.78 is 5.21. The zero-order chi connectivity index (χ0) is 35.6. The second-order valence-corrected chi connectivity index (χ2v) is 16.0. The van der Waals surface area contributed by atoms with Crippen LogP contribution in [0.15, 0.2) is 182 Å². The molecule has 0 atom stereocenters. The molecule has 0 saturated carbocycles. The van der Waals surface area contributed by atoms with Gasteiger partial charge in [0, 0.05) is 57.0 Å². The predicted molar refractivity (Wildman–Crippen MR) is 232 cm³/mol. The SMILES string of the molecule is c1ccc(-c2cc(-c3ccc4ccccc4c3)nc(-c3cc(-c4ccc5sc6ccccc6c5c4)cc(-c4ccc5sc6ccccc6c5c4)c3)n2)cc1. The van der Waals surface area contributed by atoms with E-state index in [9.17, 15) is 0 Å². The highest BCUT2D eigenvalue weighted by molar-refractivity contribution is 7.26. The summed E-state index contributed by atoms with van der Waals surface area (Å²) in [6.07, 6.45) is 0. The van der Waals surface area contributed by atoms with Gasteiger partial charge < -0.3 is 0 Å². The fourth-order valence-electron chi connectivity index (χ4n) is 7.73. The summed E-state index contributed by atoms with van der Waals surface area (Å²) in [5.41, 5.74) is 9.51. The van der Waals surface area contributed by atoms with Crippen molar-refractivity contribution in [1.29, 1.82) is 0 Å². The van der Waals surface area contributed by atoms with Crippen LogP contribution in [0.1, 0.15) is 0 Å². The zero-order valence-electron chi connectivity index (χ0n) is 29.0. The monoisotopic (exact) mass is 722 g/mol. The number of nitrogens with zero attached hydrogens (tertiary/aromatic N) is 2. The van der Waals surface area contributed by atoms with E-state index in [1.54, 1.807) is 0 Å². The van der Waals surface area contributed by atoms with E-state index in [1.165, 1.54) is 62.2 Å². The van der Waals surface area contributed by atoms with E-state index in [0.29, 0.717) is 5.82 Å². The molecule has 0 amide bonds. The minimum absolute atomic E-state index is 0.701. The van der Waals surface area contributed by atoms with Crippen LogP contribution in [0.5, 0.6) is 0 Å². The third kappa shape index (κ3) is 5.38. The second kappa shape index (κ2) is 12.6. The van der Waals surface area contributed by atoms with Gasteiger partial charge in [-0.1, -0.05) is 115 Å². The maximum atomic E-state index is 5.33. The van der Waals surface area contributed by atoms with E-state index in [4.69, 9.17) is 9.97 Å². The summed E-state index contributed by atoms with van der Waals surface area (Å²) in [5, 5.41) is 7.56. The average Bonchev–Trinajstić information content (AvgIpc) is 3.81. The molecular formula is C50H30N2S2. The predicted octanol–water partition coefficient (Wildman–Crippen LogP) is 14.7. The topological polar surface area (TPSA) is 25.8 Å². The fraction of sp³-hybridized carbons (Fsp3) is 0. The molecule has 11 aromatic rings. The third-order valence-electron chi connectivity index (χ3n) is 10.5. The van der Waals surface area contributed by atoms with Crippen molar-refractivity contribution in [3.05, 3.63) is 182 Å². The van der Waals surface area contributed by atoms with Crippen molar-refractivity contribution in [2.24, 2.45) is 0 Å². The van der Waals surface area contributed by atoms with Crippen molar-refractivity contribution < 1.29 is 0 Å². The molecule has 11 rings (SSSR count). The second-order valence-electron chi connectivity index (χ2n) is 13.8. The quantitative estimate of drug-likeness (QED) is 0.177. The maximum Gasteiger partial charge on any atom is 0.160 e. The van der Waals surface area contributed by atoms with Gasteiger partial charge >= 0.3 is 0 Å². The summed E-state index contributed by atoms with van der Waals surface area (Å²) in [5.74, 6) is 0.701. The molecule has 0 aliphatic rings. The molecular weight excluding hydrogens is 693 g/mol. The van der Waals surface area contributed by atoms with Crippen LogP contribution in [0, 0.1) is 0 Å². The number of fused-ring (bicyclic) bond motifs is 7. The Morgan fingerprint density at radius 3 is 1.43 bits per heavy atom. The molecule has 252 valence electrons. The first-order valence-electron chi connectivity index (χ1n) is 18.1. The minimum Gasteiger partial charge on any atom is -0.228 e. The summed E-state index contributed by atoms with van der Waals surface area (Å²) in [6, 6.07) is 65.7. The first-order valence-corrected chi connectivity index (χ1v) is 19.8. The lowest BCUT2D eigenvalue weighted by molar-refractivity contribution is 1.18. The van der Waals surface area contributed by atoms with Crippen LogP contribution < -0.4 is 0 Å². The molecule has 4 heteroatoms. The number of thiophene rings is 2.